The van der Waals surface area contributed by atoms with Crippen LogP contribution in [0.4, 0.5) is 0 Å². The molecule has 3 aromatic rings. The fraction of sp³-hybridized carbons (Fsp3) is 0.200. The molecule has 0 spiro atoms. The Bertz CT molecular complexity index is 749. The highest BCUT2D eigenvalue weighted by Crippen LogP contribution is 2.26. The molecule has 0 aliphatic carbocycles. The van der Waals surface area contributed by atoms with Crippen LogP contribution in [0.15, 0.2) is 60.9 Å². The Balaban J connectivity index is 2.01. The third-order valence-corrected chi connectivity index (χ3v) is 4.15. The Hall–Kier alpha value is -2.48. The summed E-state index contributed by atoms with van der Waals surface area (Å²) in [6.07, 6.45) is 5.11. The first kappa shape index (κ1) is 14.5. The number of aryl methyl sites for hydroxylation is 2. The number of hydrogen-bond donors (Lipinski definition) is 0. The quantitative estimate of drug-likeness (QED) is 0.680. The van der Waals surface area contributed by atoms with Gasteiger partial charge in [0.1, 0.15) is 5.75 Å². The molecule has 112 valence electrons. The first-order valence-electron chi connectivity index (χ1n) is 7.54. The highest BCUT2D eigenvalue weighted by atomic mass is 16.5. The summed E-state index contributed by atoms with van der Waals surface area (Å²) in [5.74, 6) is 0.928. The van der Waals surface area contributed by atoms with Crippen LogP contribution in [-0.2, 0) is 6.42 Å². The maximum absolute atomic E-state index is 5.36. The van der Waals surface area contributed by atoms with Gasteiger partial charge in [0, 0.05) is 24.5 Å². The van der Waals surface area contributed by atoms with Crippen molar-refractivity contribution in [2.24, 2.45) is 0 Å². The number of aromatic nitrogens is 1. The molecule has 0 saturated heterocycles. The highest BCUT2D eigenvalue weighted by molar-refractivity contribution is 5.48. The molecule has 22 heavy (non-hydrogen) atoms. The van der Waals surface area contributed by atoms with Gasteiger partial charge in [-0.2, -0.15) is 0 Å². The summed E-state index contributed by atoms with van der Waals surface area (Å²) in [6.45, 7) is 4.31. The van der Waals surface area contributed by atoms with Gasteiger partial charge in [-0.25, -0.2) is 0 Å². The van der Waals surface area contributed by atoms with Crippen molar-refractivity contribution in [3.05, 3.63) is 83.2 Å². The van der Waals surface area contributed by atoms with Crippen molar-refractivity contribution in [2.75, 3.05) is 7.11 Å². The lowest BCUT2D eigenvalue weighted by molar-refractivity contribution is 0.414. The molecule has 0 aliphatic rings. The average Bonchev–Trinajstić information content (AvgIpc) is 3.05. The monoisotopic (exact) mass is 291 g/mol. The second-order valence-electron chi connectivity index (χ2n) is 5.64. The largest absolute Gasteiger partial charge is 0.497 e. The number of benzene rings is 2. The lowest BCUT2D eigenvalue weighted by Crippen LogP contribution is -2.01. The Morgan fingerprint density at radius 1 is 0.909 bits per heavy atom. The minimum atomic E-state index is 0.927. The van der Waals surface area contributed by atoms with E-state index < -0.39 is 0 Å². The van der Waals surface area contributed by atoms with Crippen molar-refractivity contribution < 1.29 is 4.74 Å². The van der Waals surface area contributed by atoms with E-state index in [4.69, 9.17) is 4.74 Å². The lowest BCUT2D eigenvalue weighted by Gasteiger charge is -2.15. The number of hydrogen-bond acceptors (Lipinski definition) is 1. The number of para-hydroxylation sites is 1. The van der Waals surface area contributed by atoms with Crippen molar-refractivity contribution >= 4 is 0 Å². The van der Waals surface area contributed by atoms with Crippen LogP contribution in [0.2, 0.25) is 0 Å². The Kier molecular flexibility index (Phi) is 4.01. The van der Waals surface area contributed by atoms with Gasteiger partial charge < -0.3 is 9.30 Å². The predicted molar refractivity (Wildman–Crippen MR) is 91.0 cm³/mol. The molecule has 0 atom stereocenters. The topological polar surface area (TPSA) is 14.2 Å². The summed E-state index contributed by atoms with van der Waals surface area (Å²) >= 11 is 0. The number of methoxy groups -OCH3 is 1. The summed E-state index contributed by atoms with van der Waals surface area (Å²) < 4.78 is 7.53. The van der Waals surface area contributed by atoms with Crippen LogP contribution in [0.5, 0.6) is 5.75 Å². The Morgan fingerprint density at radius 3 is 2.18 bits per heavy atom. The second-order valence-corrected chi connectivity index (χ2v) is 5.64. The first-order valence-corrected chi connectivity index (χ1v) is 7.54. The molecule has 0 fully saturated rings. The molecule has 2 heteroatoms. The SMILES string of the molecule is COc1cc(C)c(Cc2ccccc2-n2cccc2)c(C)c1. The molecule has 0 bridgehead atoms. The normalized spacial score (nSPS) is 10.7. The summed E-state index contributed by atoms with van der Waals surface area (Å²) in [6, 6.07) is 16.9. The molecule has 0 unspecified atom stereocenters. The molecule has 3 rings (SSSR count). The van der Waals surface area contributed by atoms with E-state index in [1.807, 2.05) is 0 Å². The van der Waals surface area contributed by atoms with Crippen molar-refractivity contribution in [1.82, 2.24) is 4.57 Å². The molecule has 0 radical (unpaired) electrons. The minimum absolute atomic E-state index is 0.927. The fourth-order valence-corrected chi connectivity index (χ4v) is 2.95. The van der Waals surface area contributed by atoms with Crippen molar-refractivity contribution in [3.63, 3.8) is 0 Å². The van der Waals surface area contributed by atoms with Crippen molar-refractivity contribution in [2.45, 2.75) is 20.3 Å². The first-order chi connectivity index (χ1) is 10.7. The molecule has 2 nitrogen and oxygen atoms in total. The van der Waals surface area contributed by atoms with Crippen LogP contribution in [0.25, 0.3) is 5.69 Å². The molecular weight excluding hydrogens is 270 g/mol. The Morgan fingerprint density at radius 2 is 1.55 bits per heavy atom. The van der Waals surface area contributed by atoms with E-state index in [9.17, 15) is 0 Å². The fourth-order valence-electron chi connectivity index (χ4n) is 2.95. The van der Waals surface area contributed by atoms with E-state index in [1.54, 1.807) is 7.11 Å². The van der Waals surface area contributed by atoms with Gasteiger partial charge in [0.25, 0.3) is 0 Å². The van der Waals surface area contributed by atoms with E-state index in [1.165, 1.54) is 27.9 Å². The number of nitrogens with zero attached hydrogens (tertiary/aromatic N) is 1. The maximum atomic E-state index is 5.36. The zero-order valence-corrected chi connectivity index (χ0v) is 13.3. The lowest BCUT2D eigenvalue weighted by atomic mass is 9.95. The molecule has 0 N–H and O–H groups in total. The van der Waals surface area contributed by atoms with Gasteiger partial charge in [-0.3, -0.25) is 0 Å². The summed E-state index contributed by atoms with van der Waals surface area (Å²) in [7, 11) is 1.72. The van der Waals surface area contributed by atoms with E-state index >= 15 is 0 Å². The van der Waals surface area contributed by atoms with Gasteiger partial charge >= 0.3 is 0 Å². The molecule has 1 aromatic heterocycles. The number of rotatable bonds is 4. The third-order valence-electron chi connectivity index (χ3n) is 4.15. The van der Waals surface area contributed by atoms with Gasteiger partial charge in [0.15, 0.2) is 0 Å². The Labute approximate surface area is 132 Å². The van der Waals surface area contributed by atoms with Gasteiger partial charge in [0.05, 0.1) is 7.11 Å². The standard InChI is InChI=1S/C20H21NO/c1-15-12-18(22-3)13-16(2)19(15)14-17-8-4-5-9-20(17)21-10-6-7-11-21/h4-13H,14H2,1-3H3. The van der Waals surface area contributed by atoms with Crippen LogP contribution >= 0.6 is 0 Å². The van der Waals surface area contributed by atoms with Gasteiger partial charge in [-0.15, -0.1) is 0 Å². The van der Waals surface area contributed by atoms with Crippen molar-refractivity contribution in [3.8, 4) is 11.4 Å². The molecule has 0 saturated carbocycles. The third kappa shape index (κ3) is 2.77. The summed E-state index contributed by atoms with van der Waals surface area (Å²) in [5, 5.41) is 0. The van der Waals surface area contributed by atoms with Crippen LogP contribution in [0.1, 0.15) is 22.3 Å². The number of ether oxygens (including phenoxy) is 1. The highest BCUT2D eigenvalue weighted by Gasteiger charge is 2.10. The average molecular weight is 291 g/mol. The van der Waals surface area contributed by atoms with E-state index in [2.05, 4.69) is 79.3 Å². The summed E-state index contributed by atoms with van der Waals surface area (Å²) in [5.41, 5.74) is 6.50. The molecular formula is C20H21NO. The van der Waals surface area contributed by atoms with E-state index in [0.29, 0.717) is 0 Å². The van der Waals surface area contributed by atoms with Crippen LogP contribution < -0.4 is 4.74 Å². The van der Waals surface area contributed by atoms with E-state index in [0.717, 1.165) is 12.2 Å². The van der Waals surface area contributed by atoms with Gasteiger partial charge in [-0.1, -0.05) is 18.2 Å². The zero-order chi connectivity index (χ0) is 15.5. The smallest absolute Gasteiger partial charge is 0.119 e. The molecule has 2 aromatic carbocycles. The maximum Gasteiger partial charge on any atom is 0.119 e. The van der Waals surface area contributed by atoms with Crippen LogP contribution in [-0.4, -0.2) is 11.7 Å². The van der Waals surface area contributed by atoms with Crippen LogP contribution in [0.3, 0.4) is 0 Å². The van der Waals surface area contributed by atoms with Gasteiger partial charge in [0.2, 0.25) is 0 Å². The second kappa shape index (κ2) is 6.10. The predicted octanol–water partition coefficient (Wildman–Crippen LogP) is 4.69. The molecule has 1 heterocycles. The molecule has 0 amide bonds. The summed E-state index contributed by atoms with van der Waals surface area (Å²) in [4.78, 5) is 0. The zero-order valence-electron chi connectivity index (χ0n) is 13.3. The van der Waals surface area contributed by atoms with E-state index in [-0.39, 0.29) is 0 Å². The van der Waals surface area contributed by atoms with Crippen molar-refractivity contribution in [1.29, 1.82) is 0 Å². The van der Waals surface area contributed by atoms with Gasteiger partial charge in [-0.05, 0) is 66.4 Å². The molecule has 0 aliphatic heterocycles. The van der Waals surface area contributed by atoms with Crippen LogP contribution in [0, 0.1) is 13.8 Å². The minimum Gasteiger partial charge on any atom is -0.497 e.